The van der Waals surface area contributed by atoms with Crippen LogP contribution in [0.15, 0.2) is 28.8 Å². The molecule has 0 aliphatic carbocycles. The topological polar surface area (TPSA) is 60.2 Å². The fourth-order valence-corrected chi connectivity index (χ4v) is 2.51. The van der Waals surface area contributed by atoms with Crippen molar-refractivity contribution in [3.05, 3.63) is 30.2 Å². The molecule has 3 rings (SSSR count). The maximum Gasteiger partial charge on any atom is 0.231 e. The number of nitrogens with one attached hydrogen (secondary N) is 1. The summed E-state index contributed by atoms with van der Waals surface area (Å²) in [6.45, 7) is 4.57. The molecular formula is C15H19N3O2. The lowest BCUT2D eigenvalue weighted by molar-refractivity contribution is 0.322. The molecule has 20 heavy (non-hydrogen) atoms. The van der Waals surface area contributed by atoms with E-state index in [4.69, 9.17) is 9.26 Å². The molecule has 1 fully saturated rings. The average molecular weight is 273 g/mol. The van der Waals surface area contributed by atoms with Crippen LogP contribution in [-0.4, -0.2) is 29.8 Å². The Labute approximate surface area is 118 Å². The summed E-state index contributed by atoms with van der Waals surface area (Å²) < 4.78 is 11.0. The molecule has 1 aromatic heterocycles. The third-order valence-corrected chi connectivity index (χ3v) is 3.52. The molecule has 5 nitrogen and oxygen atoms in total. The van der Waals surface area contributed by atoms with E-state index < -0.39 is 0 Å². The van der Waals surface area contributed by atoms with Gasteiger partial charge in [0, 0.05) is 6.54 Å². The molecule has 0 bridgehead atoms. The summed E-state index contributed by atoms with van der Waals surface area (Å²) in [4.78, 5) is 4.55. The normalized spacial score (nSPS) is 18.9. The minimum atomic E-state index is 0.323. The van der Waals surface area contributed by atoms with E-state index in [-0.39, 0.29) is 0 Å². The van der Waals surface area contributed by atoms with Crippen LogP contribution in [-0.2, 0) is 0 Å². The van der Waals surface area contributed by atoms with Crippen molar-refractivity contribution in [3.63, 3.8) is 0 Å². The first kappa shape index (κ1) is 13.1. The maximum absolute atomic E-state index is 5.61. The molecule has 1 saturated heterocycles. The molecule has 106 valence electrons. The van der Waals surface area contributed by atoms with E-state index in [0.29, 0.717) is 18.3 Å². The number of hydrogen-bond donors (Lipinski definition) is 1. The number of para-hydroxylation sites is 1. The van der Waals surface area contributed by atoms with Gasteiger partial charge in [0.15, 0.2) is 0 Å². The lowest BCUT2D eigenvalue weighted by atomic mass is 10.00. The van der Waals surface area contributed by atoms with Crippen LogP contribution >= 0.6 is 0 Å². The largest absolute Gasteiger partial charge is 0.493 e. The van der Waals surface area contributed by atoms with Crippen molar-refractivity contribution in [1.82, 2.24) is 15.5 Å². The number of benzene rings is 1. The smallest absolute Gasteiger partial charge is 0.231 e. The maximum atomic E-state index is 5.61. The van der Waals surface area contributed by atoms with Crippen LogP contribution in [0.1, 0.15) is 31.6 Å². The summed E-state index contributed by atoms with van der Waals surface area (Å²) in [7, 11) is 0. The average Bonchev–Trinajstić information content (AvgIpc) is 2.99. The van der Waals surface area contributed by atoms with Gasteiger partial charge in [0.05, 0.1) is 18.1 Å². The lowest BCUT2D eigenvalue weighted by Gasteiger charge is -2.18. The third-order valence-electron chi connectivity index (χ3n) is 3.52. The van der Waals surface area contributed by atoms with Crippen molar-refractivity contribution in [2.75, 3.05) is 19.7 Å². The highest BCUT2D eigenvalue weighted by molar-refractivity contribution is 5.63. The summed E-state index contributed by atoms with van der Waals surface area (Å²) in [6, 6.07) is 7.78. The molecule has 1 N–H and O–H groups in total. The van der Waals surface area contributed by atoms with Crippen LogP contribution in [0.2, 0.25) is 0 Å². The van der Waals surface area contributed by atoms with Crippen LogP contribution in [0.5, 0.6) is 5.75 Å². The highest BCUT2D eigenvalue weighted by atomic mass is 16.5. The van der Waals surface area contributed by atoms with Gasteiger partial charge in [-0.2, -0.15) is 4.98 Å². The van der Waals surface area contributed by atoms with Crippen molar-refractivity contribution in [3.8, 4) is 17.1 Å². The molecule has 0 spiro atoms. The summed E-state index contributed by atoms with van der Waals surface area (Å²) in [5.74, 6) is 2.45. The number of ether oxygens (including phenoxy) is 1. The first-order valence-corrected chi connectivity index (χ1v) is 7.15. The van der Waals surface area contributed by atoms with Crippen LogP contribution in [0.25, 0.3) is 11.4 Å². The van der Waals surface area contributed by atoms with E-state index in [9.17, 15) is 0 Å². The summed E-state index contributed by atoms with van der Waals surface area (Å²) in [5.41, 5.74) is 0.883. The molecule has 1 aromatic carbocycles. The first-order valence-electron chi connectivity index (χ1n) is 7.15. The van der Waals surface area contributed by atoms with Crippen molar-refractivity contribution < 1.29 is 9.26 Å². The second-order valence-electron chi connectivity index (χ2n) is 4.93. The van der Waals surface area contributed by atoms with Crippen LogP contribution in [0.4, 0.5) is 0 Å². The van der Waals surface area contributed by atoms with Crippen molar-refractivity contribution in [2.24, 2.45) is 0 Å². The highest BCUT2D eigenvalue weighted by Crippen LogP contribution is 2.29. The lowest BCUT2D eigenvalue weighted by Crippen LogP contribution is -2.28. The van der Waals surface area contributed by atoms with E-state index >= 15 is 0 Å². The van der Waals surface area contributed by atoms with E-state index in [1.54, 1.807) is 0 Å². The Bertz CT molecular complexity index is 562. The molecule has 2 aromatic rings. The predicted octanol–water partition coefficient (Wildman–Crippen LogP) is 2.60. The Morgan fingerprint density at radius 2 is 2.30 bits per heavy atom. The number of nitrogens with zero attached hydrogens (tertiary/aromatic N) is 2. The zero-order valence-corrected chi connectivity index (χ0v) is 11.6. The second kappa shape index (κ2) is 6.05. The molecular weight excluding hydrogens is 254 g/mol. The fraction of sp³-hybridized carbons (Fsp3) is 0.467. The second-order valence-corrected chi connectivity index (χ2v) is 4.93. The first-order chi connectivity index (χ1) is 9.88. The Morgan fingerprint density at radius 3 is 3.10 bits per heavy atom. The Balaban J connectivity index is 1.86. The van der Waals surface area contributed by atoms with E-state index in [0.717, 1.165) is 43.1 Å². The molecule has 1 aliphatic rings. The summed E-state index contributed by atoms with van der Waals surface area (Å²) in [5, 5.41) is 7.47. The molecule has 1 aliphatic heterocycles. The minimum absolute atomic E-state index is 0.323. The summed E-state index contributed by atoms with van der Waals surface area (Å²) >= 11 is 0. The minimum Gasteiger partial charge on any atom is -0.493 e. The van der Waals surface area contributed by atoms with Gasteiger partial charge >= 0.3 is 0 Å². The van der Waals surface area contributed by atoms with E-state index in [1.165, 1.54) is 0 Å². The number of hydrogen-bond acceptors (Lipinski definition) is 5. The highest BCUT2D eigenvalue weighted by Gasteiger charge is 2.22. The number of rotatable bonds is 4. The number of aromatic nitrogens is 2. The zero-order chi connectivity index (χ0) is 13.8. The van der Waals surface area contributed by atoms with Gasteiger partial charge in [0.1, 0.15) is 5.75 Å². The van der Waals surface area contributed by atoms with Crippen molar-refractivity contribution in [1.29, 1.82) is 0 Å². The molecule has 0 amide bonds. The third kappa shape index (κ3) is 2.67. The SMILES string of the molecule is CCOc1ccccc1-c1noc([C@@H]2CCCNC2)n1. The van der Waals surface area contributed by atoms with Gasteiger partial charge in [-0.25, -0.2) is 0 Å². The fourth-order valence-electron chi connectivity index (χ4n) is 2.51. The van der Waals surface area contributed by atoms with Crippen molar-refractivity contribution in [2.45, 2.75) is 25.7 Å². The molecule has 0 saturated carbocycles. The Morgan fingerprint density at radius 1 is 1.40 bits per heavy atom. The molecule has 0 radical (unpaired) electrons. The molecule has 1 atom stereocenters. The molecule has 5 heteroatoms. The van der Waals surface area contributed by atoms with Crippen molar-refractivity contribution >= 4 is 0 Å². The Hall–Kier alpha value is -1.88. The number of piperidine rings is 1. The van der Waals surface area contributed by atoms with Gasteiger partial charge in [0.2, 0.25) is 11.7 Å². The van der Waals surface area contributed by atoms with E-state index in [2.05, 4.69) is 15.5 Å². The zero-order valence-electron chi connectivity index (χ0n) is 11.6. The van der Waals surface area contributed by atoms with Crippen LogP contribution in [0, 0.1) is 0 Å². The predicted molar refractivity (Wildman–Crippen MR) is 75.7 cm³/mol. The monoisotopic (exact) mass is 273 g/mol. The van der Waals surface area contributed by atoms with Gasteiger partial charge in [-0.15, -0.1) is 0 Å². The van der Waals surface area contributed by atoms with E-state index in [1.807, 2.05) is 31.2 Å². The van der Waals surface area contributed by atoms with Gasteiger partial charge in [-0.1, -0.05) is 17.3 Å². The molecule has 0 unspecified atom stereocenters. The van der Waals surface area contributed by atoms with Gasteiger partial charge < -0.3 is 14.6 Å². The van der Waals surface area contributed by atoms with Gasteiger partial charge in [-0.05, 0) is 38.4 Å². The van der Waals surface area contributed by atoms with Crippen LogP contribution in [0.3, 0.4) is 0 Å². The summed E-state index contributed by atoms with van der Waals surface area (Å²) in [6.07, 6.45) is 2.25. The quantitative estimate of drug-likeness (QED) is 0.927. The standard InChI is InChI=1S/C15H19N3O2/c1-2-19-13-8-4-3-7-12(13)14-17-15(20-18-14)11-6-5-9-16-10-11/h3-4,7-8,11,16H,2,5-6,9-10H2,1H3/t11-/m1/s1. The van der Waals surface area contributed by atoms with Crippen LogP contribution < -0.4 is 10.1 Å². The van der Waals surface area contributed by atoms with Gasteiger partial charge in [0.25, 0.3) is 0 Å². The molecule has 2 heterocycles. The van der Waals surface area contributed by atoms with Gasteiger partial charge in [-0.3, -0.25) is 0 Å². The Kier molecular flexibility index (Phi) is 3.97.